The van der Waals surface area contributed by atoms with E-state index in [0.717, 1.165) is 22.0 Å². The van der Waals surface area contributed by atoms with Crippen LogP contribution < -0.4 is 10.1 Å². The smallest absolute Gasteiger partial charge is 0.131 e. The summed E-state index contributed by atoms with van der Waals surface area (Å²) in [6.45, 7) is 6.55. The van der Waals surface area contributed by atoms with Crippen molar-refractivity contribution in [2.24, 2.45) is 0 Å². The molecule has 0 aliphatic rings. The van der Waals surface area contributed by atoms with E-state index in [1.54, 1.807) is 0 Å². The van der Waals surface area contributed by atoms with Crippen LogP contribution in [0, 0.1) is 13.8 Å². The molecule has 0 aliphatic carbocycles. The van der Waals surface area contributed by atoms with Crippen molar-refractivity contribution in [3.05, 3.63) is 46.3 Å². The maximum Gasteiger partial charge on any atom is 0.131 e. The summed E-state index contributed by atoms with van der Waals surface area (Å²) in [5.41, 5.74) is 1.23. The minimum Gasteiger partial charge on any atom is -0.491 e. The predicted octanol–water partition coefficient (Wildman–Crippen LogP) is 3.74. The van der Waals surface area contributed by atoms with E-state index in [0.29, 0.717) is 6.61 Å². The van der Waals surface area contributed by atoms with Gasteiger partial charge in [-0.2, -0.15) is 0 Å². The van der Waals surface area contributed by atoms with Crippen molar-refractivity contribution >= 4 is 21.7 Å². The molecule has 0 radical (unpaired) electrons. The Kier molecular flexibility index (Phi) is 4.95. The predicted molar refractivity (Wildman–Crippen MR) is 84.2 cm³/mol. The molecule has 4 nitrogen and oxygen atoms in total. The molecule has 1 atom stereocenters. The molecule has 1 aromatic carbocycles. The van der Waals surface area contributed by atoms with E-state index in [9.17, 15) is 0 Å². The molecule has 1 aromatic heterocycles. The average molecular weight is 336 g/mol. The van der Waals surface area contributed by atoms with Gasteiger partial charge in [-0.15, -0.1) is 0 Å². The number of aromatic nitrogens is 2. The van der Waals surface area contributed by atoms with Gasteiger partial charge in [0.15, 0.2) is 0 Å². The second-order valence-electron chi connectivity index (χ2n) is 4.79. The summed E-state index contributed by atoms with van der Waals surface area (Å²) in [5, 5.41) is 3.30. The van der Waals surface area contributed by atoms with Crippen molar-refractivity contribution in [1.82, 2.24) is 9.97 Å². The van der Waals surface area contributed by atoms with Gasteiger partial charge in [-0.1, -0.05) is 17.7 Å². The maximum atomic E-state index is 5.74. The molecule has 0 saturated heterocycles. The number of benzene rings is 1. The van der Waals surface area contributed by atoms with Crippen molar-refractivity contribution in [3.8, 4) is 5.75 Å². The molecule has 2 rings (SSSR count). The van der Waals surface area contributed by atoms with Crippen LogP contribution >= 0.6 is 15.9 Å². The molecule has 0 fully saturated rings. The van der Waals surface area contributed by atoms with Crippen molar-refractivity contribution in [3.63, 3.8) is 0 Å². The molecule has 0 saturated carbocycles. The number of hydrogen-bond donors (Lipinski definition) is 1. The Morgan fingerprint density at radius 3 is 2.55 bits per heavy atom. The molecule has 5 heteroatoms. The van der Waals surface area contributed by atoms with Crippen LogP contribution in [0.1, 0.15) is 18.3 Å². The van der Waals surface area contributed by atoms with E-state index in [1.807, 2.05) is 37.3 Å². The van der Waals surface area contributed by atoms with Crippen molar-refractivity contribution in [2.75, 3.05) is 11.9 Å². The molecule has 20 heavy (non-hydrogen) atoms. The molecule has 1 heterocycles. The summed E-state index contributed by atoms with van der Waals surface area (Å²) in [6.07, 6.45) is 0. The van der Waals surface area contributed by atoms with Crippen LogP contribution in [0.4, 0.5) is 5.82 Å². The topological polar surface area (TPSA) is 47.0 Å². The number of nitrogens with one attached hydrogen (secondary N) is 1. The third-order valence-corrected chi connectivity index (χ3v) is 3.13. The third-order valence-electron chi connectivity index (χ3n) is 2.72. The second-order valence-corrected chi connectivity index (χ2v) is 5.61. The molecule has 106 valence electrons. The zero-order valence-electron chi connectivity index (χ0n) is 11.9. The minimum absolute atomic E-state index is 0.150. The highest BCUT2D eigenvalue weighted by Crippen LogP contribution is 2.14. The Morgan fingerprint density at radius 2 is 1.90 bits per heavy atom. The molecular formula is C15H18BrN3O. The van der Waals surface area contributed by atoms with Gasteiger partial charge < -0.3 is 10.1 Å². The quantitative estimate of drug-likeness (QED) is 0.845. The number of rotatable bonds is 5. The Morgan fingerprint density at radius 1 is 1.20 bits per heavy atom. The Hall–Kier alpha value is -1.62. The maximum absolute atomic E-state index is 5.74. The Bertz CT molecular complexity index is 552. The molecule has 1 unspecified atom stereocenters. The summed E-state index contributed by atoms with van der Waals surface area (Å²) in [7, 11) is 0. The van der Waals surface area contributed by atoms with Gasteiger partial charge in [0.1, 0.15) is 28.6 Å². The molecular weight excluding hydrogens is 318 g/mol. The number of ether oxygens (including phenoxy) is 1. The van der Waals surface area contributed by atoms with Gasteiger partial charge in [0, 0.05) is 6.07 Å². The highest BCUT2D eigenvalue weighted by molar-refractivity contribution is 9.10. The fraction of sp³-hybridized carbons (Fsp3) is 0.333. The van der Waals surface area contributed by atoms with Crippen LogP contribution in [0.5, 0.6) is 5.75 Å². The van der Waals surface area contributed by atoms with E-state index >= 15 is 0 Å². The molecule has 2 aromatic rings. The van der Waals surface area contributed by atoms with Crippen LogP contribution in [0.2, 0.25) is 0 Å². The molecule has 0 bridgehead atoms. The second kappa shape index (κ2) is 6.70. The van der Waals surface area contributed by atoms with E-state index in [-0.39, 0.29) is 6.04 Å². The summed E-state index contributed by atoms with van der Waals surface area (Å²) in [4.78, 5) is 8.51. The van der Waals surface area contributed by atoms with E-state index < -0.39 is 0 Å². The Labute approximate surface area is 127 Å². The summed E-state index contributed by atoms with van der Waals surface area (Å²) >= 11 is 3.36. The van der Waals surface area contributed by atoms with Gasteiger partial charge in [0.2, 0.25) is 0 Å². The van der Waals surface area contributed by atoms with Crippen LogP contribution in [-0.2, 0) is 0 Å². The lowest BCUT2D eigenvalue weighted by Gasteiger charge is -2.16. The summed E-state index contributed by atoms with van der Waals surface area (Å²) in [6, 6.07) is 10.0. The minimum atomic E-state index is 0.150. The van der Waals surface area contributed by atoms with E-state index in [2.05, 4.69) is 45.1 Å². The zero-order valence-corrected chi connectivity index (χ0v) is 13.4. The first-order valence-electron chi connectivity index (χ1n) is 6.50. The lowest BCUT2D eigenvalue weighted by Crippen LogP contribution is -2.24. The monoisotopic (exact) mass is 335 g/mol. The van der Waals surface area contributed by atoms with Gasteiger partial charge >= 0.3 is 0 Å². The van der Waals surface area contributed by atoms with Crippen LogP contribution in [-0.4, -0.2) is 22.6 Å². The van der Waals surface area contributed by atoms with E-state index in [4.69, 9.17) is 4.74 Å². The number of halogens is 1. The average Bonchev–Trinajstić information content (AvgIpc) is 2.37. The van der Waals surface area contributed by atoms with Crippen molar-refractivity contribution in [1.29, 1.82) is 0 Å². The van der Waals surface area contributed by atoms with Crippen LogP contribution in [0.25, 0.3) is 0 Å². The number of anilines is 1. The van der Waals surface area contributed by atoms with Crippen LogP contribution in [0.15, 0.2) is 34.9 Å². The fourth-order valence-electron chi connectivity index (χ4n) is 1.76. The summed E-state index contributed by atoms with van der Waals surface area (Å²) < 4.78 is 6.51. The normalized spacial score (nSPS) is 12.0. The van der Waals surface area contributed by atoms with Gasteiger partial charge in [-0.05, 0) is 48.8 Å². The van der Waals surface area contributed by atoms with Crippen molar-refractivity contribution < 1.29 is 4.74 Å². The fourth-order valence-corrected chi connectivity index (χ4v) is 2.23. The van der Waals surface area contributed by atoms with Crippen LogP contribution in [0.3, 0.4) is 0 Å². The first-order chi connectivity index (χ1) is 9.52. The molecule has 0 amide bonds. The molecule has 0 aliphatic heterocycles. The lowest BCUT2D eigenvalue weighted by molar-refractivity contribution is 0.303. The van der Waals surface area contributed by atoms with E-state index in [1.165, 1.54) is 5.56 Å². The number of hydrogen-bond acceptors (Lipinski definition) is 4. The Balaban J connectivity index is 1.88. The molecule has 0 spiro atoms. The third kappa shape index (κ3) is 4.49. The van der Waals surface area contributed by atoms with Gasteiger partial charge in [0.05, 0.1) is 6.04 Å². The largest absolute Gasteiger partial charge is 0.491 e. The SMILES string of the molecule is Cc1ccc(OCC(C)Nc2cc(Br)nc(C)n2)cc1. The highest BCUT2D eigenvalue weighted by Gasteiger charge is 2.06. The lowest BCUT2D eigenvalue weighted by atomic mass is 10.2. The van der Waals surface area contributed by atoms with Gasteiger partial charge in [-0.25, -0.2) is 9.97 Å². The molecule has 1 N–H and O–H groups in total. The van der Waals surface area contributed by atoms with Gasteiger partial charge in [-0.3, -0.25) is 0 Å². The first-order valence-corrected chi connectivity index (χ1v) is 7.29. The standard InChI is InChI=1S/C15H18BrN3O/c1-10-4-6-13(7-5-10)20-9-11(2)17-15-8-14(16)18-12(3)19-15/h4-8,11H,9H2,1-3H3,(H,17,18,19). The number of aryl methyl sites for hydroxylation is 2. The van der Waals surface area contributed by atoms with Crippen molar-refractivity contribution in [2.45, 2.75) is 26.8 Å². The highest BCUT2D eigenvalue weighted by atomic mass is 79.9. The number of nitrogens with zero attached hydrogens (tertiary/aromatic N) is 2. The van der Waals surface area contributed by atoms with Gasteiger partial charge in [0.25, 0.3) is 0 Å². The summed E-state index contributed by atoms with van der Waals surface area (Å²) in [5.74, 6) is 2.40. The zero-order chi connectivity index (χ0) is 14.5. The first kappa shape index (κ1) is 14.8.